The Kier molecular flexibility index (Phi) is 3.59. The van der Waals surface area contributed by atoms with Gasteiger partial charge in [0.05, 0.1) is 0 Å². The zero-order valence-corrected chi connectivity index (χ0v) is 11.2. The van der Waals surface area contributed by atoms with E-state index in [4.69, 9.17) is 17.3 Å². The molecule has 2 aromatic rings. The summed E-state index contributed by atoms with van der Waals surface area (Å²) in [5, 5.41) is 4.45. The molecule has 1 heterocycles. The lowest BCUT2D eigenvalue weighted by Gasteiger charge is -2.08. The molecule has 0 spiro atoms. The monoisotopic (exact) mass is 265 g/mol. The number of hydrogen-bond donors (Lipinski definition) is 2. The average molecular weight is 266 g/mol. The van der Waals surface area contributed by atoms with Crippen molar-refractivity contribution in [2.75, 3.05) is 6.54 Å². The van der Waals surface area contributed by atoms with Gasteiger partial charge >= 0.3 is 0 Å². The van der Waals surface area contributed by atoms with Gasteiger partial charge in [0.25, 0.3) is 5.91 Å². The van der Waals surface area contributed by atoms with Gasteiger partial charge in [-0.2, -0.15) is 0 Å². The van der Waals surface area contributed by atoms with Crippen molar-refractivity contribution < 1.29 is 4.79 Å². The highest BCUT2D eigenvalue weighted by Crippen LogP contribution is 2.22. The molecule has 96 valence electrons. The van der Waals surface area contributed by atoms with Gasteiger partial charge in [0.15, 0.2) is 0 Å². The summed E-state index contributed by atoms with van der Waals surface area (Å²) in [4.78, 5) is 12.0. The Labute approximate surface area is 111 Å². The van der Waals surface area contributed by atoms with Gasteiger partial charge in [-0.05, 0) is 25.1 Å². The molecule has 0 aliphatic carbocycles. The molecule has 0 saturated heterocycles. The normalized spacial score (nSPS) is 12.7. The summed E-state index contributed by atoms with van der Waals surface area (Å²) in [7, 11) is 1.85. The molecule has 18 heavy (non-hydrogen) atoms. The van der Waals surface area contributed by atoms with Crippen LogP contribution in [-0.4, -0.2) is 23.1 Å². The van der Waals surface area contributed by atoms with Crippen molar-refractivity contribution in [2.45, 2.75) is 13.0 Å². The highest BCUT2D eigenvalue weighted by Gasteiger charge is 2.13. The summed E-state index contributed by atoms with van der Waals surface area (Å²) in [5.74, 6) is -0.123. The number of nitrogens with two attached hydrogens (primary N) is 1. The van der Waals surface area contributed by atoms with Gasteiger partial charge in [0, 0.05) is 35.6 Å². The van der Waals surface area contributed by atoms with Crippen molar-refractivity contribution in [2.24, 2.45) is 12.8 Å². The third-order valence-corrected chi connectivity index (χ3v) is 3.06. The average Bonchev–Trinajstić information content (AvgIpc) is 2.64. The van der Waals surface area contributed by atoms with Gasteiger partial charge in [-0.1, -0.05) is 17.7 Å². The molecule has 1 atom stereocenters. The second kappa shape index (κ2) is 5.00. The lowest BCUT2D eigenvalue weighted by atomic mass is 10.2. The smallest absolute Gasteiger partial charge is 0.267 e. The van der Waals surface area contributed by atoms with Gasteiger partial charge < -0.3 is 15.6 Å². The minimum absolute atomic E-state index is 0.0573. The lowest BCUT2D eigenvalue weighted by Crippen LogP contribution is -2.35. The van der Waals surface area contributed by atoms with E-state index < -0.39 is 0 Å². The fourth-order valence-electron chi connectivity index (χ4n) is 1.87. The number of hydrogen-bond acceptors (Lipinski definition) is 2. The van der Waals surface area contributed by atoms with Gasteiger partial charge in [-0.15, -0.1) is 0 Å². The highest BCUT2D eigenvalue weighted by atomic mass is 35.5. The van der Waals surface area contributed by atoms with Crippen LogP contribution in [0.15, 0.2) is 24.3 Å². The zero-order valence-electron chi connectivity index (χ0n) is 10.4. The number of amides is 1. The third-order valence-electron chi connectivity index (χ3n) is 2.82. The molecule has 1 amide bonds. The first-order chi connectivity index (χ1) is 8.49. The van der Waals surface area contributed by atoms with E-state index in [1.54, 1.807) is 0 Å². The quantitative estimate of drug-likeness (QED) is 0.891. The van der Waals surface area contributed by atoms with Gasteiger partial charge in [0.1, 0.15) is 5.69 Å². The molecule has 0 saturated carbocycles. The molecule has 4 nitrogen and oxygen atoms in total. The Bertz CT molecular complexity index is 589. The fourth-order valence-corrected chi connectivity index (χ4v) is 2.03. The summed E-state index contributed by atoms with van der Waals surface area (Å²) in [6.07, 6.45) is 0. The first-order valence-corrected chi connectivity index (χ1v) is 6.15. The molecular formula is C13H16ClN3O. The van der Waals surface area contributed by atoms with E-state index in [-0.39, 0.29) is 11.9 Å². The summed E-state index contributed by atoms with van der Waals surface area (Å²) in [6, 6.07) is 7.35. The predicted octanol–water partition coefficient (Wildman–Crippen LogP) is 1.91. The molecule has 0 bridgehead atoms. The number of carbonyl (C=O) groups is 1. The van der Waals surface area contributed by atoms with E-state index in [9.17, 15) is 4.79 Å². The minimum atomic E-state index is -0.123. The van der Waals surface area contributed by atoms with E-state index >= 15 is 0 Å². The van der Waals surface area contributed by atoms with Crippen LogP contribution in [0.2, 0.25) is 5.02 Å². The maximum atomic E-state index is 12.0. The Balaban J connectivity index is 2.34. The van der Waals surface area contributed by atoms with Crippen molar-refractivity contribution in [3.05, 3.63) is 35.0 Å². The molecule has 0 radical (unpaired) electrons. The molecular weight excluding hydrogens is 250 g/mol. The Hall–Kier alpha value is -1.52. The summed E-state index contributed by atoms with van der Waals surface area (Å²) in [6.45, 7) is 2.31. The molecule has 5 heteroatoms. The first kappa shape index (κ1) is 12.9. The van der Waals surface area contributed by atoms with Crippen LogP contribution in [0.1, 0.15) is 17.4 Å². The summed E-state index contributed by atoms with van der Waals surface area (Å²) < 4.78 is 1.83. The molecule has 0 fully saturated rings. The third kappa shape index (κ3) is 2.49. The van der Waals surface area contributed by atoms with Crippen LogP contribution in [-0.2, 0) is 7.05 Å². The van der Waals surface area contributed by atoms with Crippen LogP contribution < -0.4 is 11.1 Å². The van der Waals surface area contributed by atoms with Crippen LogP contribution in [0.5, 0.6) is 0 Å². The number of benzene rings is 1. The van der Waals surface area contributed by atoms with Gasteiger partial charge in [0.2, 0.25) is 0 Å². The van der Waals surface area contributed by atoms with Crippen LogP contribution in [0.25, 0.3) is 10.9 Å². The number of carbonyl (C=O) groups excluding carboxylic acids is 1. The van der Waals surface area contributed by atoms with Crippen molar-refractivity contribution >= 4 is 28.4 Å². The zero-order chi connectivity index (χ0) is 13.3. The molecule has 1 aromatic heterocycles. The molecule has 0 aliphatic heterocycles. The number of nitrogens with one attached hydrogen (secondary N) is 1. The standard InChI is InChI=1S/C13H16ClN3O/c1-8(15)7-16-13(18)12-5-9-3-4-10(14)6-11(9)17(12)2/h3-6,8H,7,15H2,1-2H3,(H,16,18). The number of rotatable bonds is 3. The molecule has 3 N–H and O–H groups in total. The molecule has 1 unspecified atom stereocenters. The van der Waals surface area contributed by atoms with Crippen molar-refractivity contribution in [1.29, 1.82) is 0 Å². The SMILES string of the molecule is CC(N)CNC(=O)c1cc2ccc(Cl)cc2n1C. The largest absolute Gasteiger partial charge is 0.349 e. The summed E-state index contributed by atoms with van der Waals surface area (Å²) in [5.41, 5.74) is 7.16. The maximum absolute atomic E-state index is 12.0. The highest BCUT2D eigenvalue weighted by molar-refractivity contribution is 6.31. The fraction of sp³-hybridized carbons (Fsp3) is 0.308. The van der Waals surface area contributed by atoms with E-state index in [1.165, 1.54) is 0 Å². The number of nitrogens with zero attached hydrogens (tertiary/aromatic N) is 1. The van der Waals surface area contributed by atoms with Gasteiger partial charge in [-0.3, -0.25) is 4.79 Å². The van der Waals surface area contributed by atoms with E-state index in [0.29, 0.717) is 17.3 Å². The van der Waals surface area contributed by atoms with E-state index in [0.717, 1.165) is 10.9 Å². The van der Waals surface area contributed by atoms with Gasteiger partial charge in [-0.25, -0.2) is 0 Å². The van der Waals surface area contributed by atoms with Crippen LogP contribution in [0, 0.1) is 0 Å². The number of halogens is 1. The van der Waals surface area contributed by atoms with E-state index in [2.05, 4.69) is 5.32 Å². The molecule has 1 aromatic carbocycles. The van der Waals surface area contributed by atoms with Crippen LogP contribution in [0.3, 0.4) is 0 Å². The first-order valence-electron chi connectivity index (χ1n) is 5.78. The van der Waals surface area contributed by atoms with Crippen molar-refractivity contribution in [3.8, 4) is 0 Å². The van der Waals surface area contributed by atoms with E-state index in [1.807, 2.05) is 42.8 Å². The van der Waals surface area contributed by atoms with Crippen molar-refractivity contribution in [3.63, 3.8) is 0 Å². The van der Waals surface area contributed by atoms with Crippen LogP contribution >= 0.6 is 11.6 Å². The minimum Gasteiger partial charge on any atom is -0.349 e. The topological polar surface area (TPSA) is 60.0 Å². The Morgan fingerprint density at radius 3 is 2.89 bits per heavy atom. The number of aromatic nitrogens is 1. The summed E-state index contributed by atoms with van der Waals surface area (Å²) >= 11 is 5.95. The molecule has 2 rings (SSSR count). The molecule has 0 aliphatic rings. The second-order valence-corrected chi connectivity index (χ2v) is 4.92. The Morgan fingerprint density at radius 2 is 2.22 bits per heavy atom. The lowest BCUT2D eigenvalue weighted by molar-refractivity contribution is 0.0944. The Morgan fingerprint density at radius 1 is 1.50 bits per heavy atom. The maximum Gasteiger partial charge on any atom is 0.267 e. The second-order valence-electron chi connectivity index (χ2n) is 4.48. The predicted molar refractivity (Wildman–Crippen MR) is 73.9 cm³/mol. The number of fused-ring (bicyclic) bond motifs is 1. The number of aryl methyl sites for hydroxylation is 1. The van der Waals surface area contributed by atoms with Crippen molar-refractivity contribution in [1.82, 2.24) is 9.88 Å². The van der Waals surface area contributed by atoms with Crippen LogP contribution in [0.4, 0.5) is 0 Å².